The van der Waals surface area contributed by atoms with Crippen molar-refractivity contribution in [3.05, 3.63) is 210 Å². The van der Waals surface area contributed by atoms with Gasteiger partial charge in [0.05, 0.1) is 5.52 Å². The van der Waals surface area contributed by atoms with Crippen LogP contribution in [0.3, 0.4) is 0 Å². The molecule has 0 saturated heterocycles. The van der Waals surface area contributed by atoms with Gasteiger partial charge in [-0.05, 0) is 105 Å². The molecular weight excluding hydrogens is 768 g/mol. The molecular formula is C58H44BN2S. The van der Waals surface area contributed by atoms with Crippen LogP contribution in [-0.4, -0.2) is 11.8 Å². The highest BCUT2D eigenvalue weighted by Gasteiger charge is 2.32. The monoisotopic (exact) mass is 811 g/mol. The van der Waals surface area contributed by atoms with Crippen LogP contribution in [0.25, 0.3) is 69.6 Å². The van der Waals surface area contributed by atoms with Gasteiger partial charge < -0.3 is 9.88 Å². The minimum Gasteiger partial charge on any atom is -0.355 e. The molecule has 0 atom stereocenters. The summed E-state index contributed by atoms with van der Waals surface area (Å²) in [5, 5.41) is 11.7. The Bertz CT molecular complexity index is 3520. The molecule has 0 aliphatic carbocycles. The van der Waals surface area contributed by atoms with E-state index in [0.29, 0.717) is 0 Å². The molecule has 9 aromatic carbocycles. The molecule has 4 heteroatoms. The number of anilines is 2. The molecule has 1 radical (unpaired) electrons. The van der Waals surface area contributed by atoms with Gasteiger partial charge in [0.1, 0.15) is 0 Å². The van der Waals surface area contributed by atoms with Crippen molar-refractivity contribution in [1.82, 2.24) is 4.57 Å². The van der Waals surface area contributed by atoms with E-state index in [1.807, 2.05) is 11.3 Å². The number of hydrogen-bond donors (Lipinski definition) is 1. The third-order valence-corrected chi connectivity index (χ3v) is 14.3. The average Bonchev–Trinajstić information content (AvgIpc) is 3.84. The summed E-state index contributed by atoms with van der Waals surface area (Å²) in [6.45, 7) is 9.03. The van der Waals surface area contributed by atoms with Gasteiger partial charge in [0, 0.05) is 65.0 Å². The van der Waals surface area contributed by atoms with Crippen molar-refractivity contribution >= 4 is 93.7 Å². The van der Waals surface area contributed by atoms with Crippen LogP contribution in [0.4, 0.5) is 11.4 Å². The SMILES string of the molecule is Cc1ccc2c(c1)[B]c1c(-c3cc4c(cc3Nc3ccc(C(C)(C)C)cc3)sc3ccccc34)cc(C(c3ccccc3)c3ccccc3)c3c4c5ccccc5ccc4n-2c13. The maximum absolute atomic E-state index is 4.00. The van der Waals surface area contributed by atoms with Gasteiger partial charge in [-0.3, -0.25) is 0 Å². The van der Waals surface area contributed by atoms with Gasteiger partial charge in [0.25, 0.3) is 0 Å². The zero-order chi connectivity index (χ0) is 41.7. The molecule has 295 valence electrons. The van der Waals surface area contributed by atoms with E-state index in [0.717, 1.165) is 11.4 Å². The number of nitrogens with zero attached hydrogens (tertiary/aromatic N) is 1. The summed E-state index contributed by atoms with van der Waals surface area (Å²) in [6.07, 6.45) is 0. The Morgan fingerprint density at radius 1 is 0.581 bits per heavy atom. The number of aromatic nitrogens is 1. The van der Waals surface area contributed by atoms with Gasteiger partial charge in [-0.1, -0.05) is 165 Å². The predicted molar refractivity (Wildman–Crippen MR) is 269 cm³/mol. The lowest BCUT2D eigenvalue weighted by Crippen LogP contribution is -2.37. The Kier molecular flexibility index (Phi) is 8.39. The van der Waals surface area contributed by atoms with E-state index in [2.05, 4.69) is 227 Å². The Morgan fingerprint density at radius 2 is 1.27 bits per heavy atom. The molecule has 1 N–H and O–H groups in total. The second-order valence-corrected chi connectivity index (χ2v) is 19.2. The van der Waals surface area contributed by atoms with E-state index < -0.39 is 0 Å². The molecule has 0 bridgehead atoms. The molecule has 12 rings (SSSR count). The molecule has 0 unspecified atom stereocenters. The highest BCUT2D eigenvalue weighted by molar-refractivity contribution is 7.25. The minimum absolute atomic E-state index is 0.0327. The van der Waals surface area contributed by atoms with Crippen LogP contribution >= 0.6 is 11.3 Å². The highest BCUT2D eigenvalue weighted by atomic mass is 32.1. The zero-order valence-corrected chi connectivity index (χ0v) is 36.1. The topological polar surface area (TPSA) is 17.0 Å². The molecule has 0 amide bonds. The summed E-state index contributed by atoms with van der Waals surface area (Å²) in [5.74, 6) is -0.0327. The molecule has 1 aliphatic rings. The van der Waals surface area contributed by atoms with Crippen LogP contribution in [0.5, 0.6) is 0 Å². The molecule has 3 heterocycles. The summed E-state index contributed by atoms with van der Waals surface area (Å²) >= 11 is 1.87. The Balaban J connectivity index is 1.25. The summed E-state index contributed by atoms with van der Waals surface area (Å²) in [6, 6.07) is 68.1. The number of hydrogen-bond acceptors (Lipinski definition) is 2. The zero-order valence-electron chi connectivity index (χ0n) is 35.3. The fourth-order valence-electron chi connectivity index (χ4n) is 10.2. The lowest BCUT2D eigenvalue weighted by molar-refractivity contribution is 0.590. The molecule has 1 aliphatic heterocycles. The Morgan fingerprint density at radius 3 is 2.02 bits per heavy atom. The minimum atomic E-state index is -0.0327. The van der Waals surface area contributed by atoms with Crippen molar-refractivity contribution in [3.8, 4) is 16.8 Å². The third kappa shape index (κ3) is 5.85. The largest absolute Gasteiger partial charge is 0.355 e. The second-order valence-electron chi connectivity index (χ2n) is 18.1. The van der Waals surface area contributed by atoms with Crippen LogP contribution < -0.4 is 16.2 Å². The van der Waals surface area contributed by atoms with Crippen molar-refractivity contribution in [3.63, 3.8) is 0 Å². The van der Waals surface area contributed by atoms with E-state index in [9.17, 15) is 0 Å². The van der Waals surface area contributed by atoms with Gasteiger partial charge in [-0.15, -0.1) is 11.3 Å². The second kappa shape index (κ2) is 14.1. The summed E-state index contributed by atoms with van der Waals surface area (Å²) in [7, 11) is 2.47. The van der Waals surface area contributed by atoms with Crippen molar-refractivity contribution in [1.29, 1.82) is 0 Å². The smallest absolute Gasteiger partial charge is 0.197 e. The van der Waals surface area contributed by atoms with Crippen molar-refractivity contribution in [2.45, 2.75) is 39.0 Å². The number of nitrogens with one attached hydrogen (secondary N) is 1. The Labute approximate surface area is 367 Å². The predicted octanol–water partition coefficient (Wildman–Crippen LogP) is 14.5. The molecule has 0 saturated carbocycles. The molecule has 0 fully saturated rings. The maximum atomic E-state index is 4.00. The van der Waals surface area contributed by atoms with Crippen LogP contribution in [0.1, 0.15) is 54.5 Å². The van der Waals surface area contributed by atoms with E-state index in [1.165, 1.54) is 108 Å². The van der Waals surface area contributed by atoms with Crippen molar-refractivity contribution in [2.75, 3.05) is 5.32 Å². The lowest BCUT2D eigenvalue weighted by Gasteiger charge is -2.27. The normalized spacial score (nSPS) is 12.5. The first kappa shape index (κ1) is 36.9. The van der Waals surface area contributed by atoms with E-state index in [4.69, 9.17) is 0 Å². The number of benzene rings is 9. The third-order valence-electron chi connectivity index (χ3n) is 13.1. The Hall–Kier alpha value is -6.88. The average molecular weight is 812 g/mol. The summed E-state index contributed by atoms with van der Waals surface area (Å²) in [4.78, 5) is 0. The van der Waals surface area contributed by atoms with E-state index in [1.54, 1.807) is 0 Å². The molecule has 2 nitrogen and oxygen atoms in total. The molecule has 11 aromatic rings. The van der Waals surface area contributed by atoms with Crippen LogP contribution in [-0.2, 0) is 5.41 Å². The van der Waals surface area contributed by atoms with Crippen LogP contribution in [0.15, 0.2) is 182 Å². The van der Waals surface area contributed by atoms with Gasteiger partial charge in [-0.25, -0.2) is 0 Å². The van der Waals surface area contributed by atoms with E-state index in [-0.39, 0.29) is 11.3 Å². The van der Waals surface area contributed by atoms with Gasteiger partial charge >= 0.3 is 0 Å². The number of thiophene rings is 1. The molecule has 0 spiro atoms. The summed E-state index contributed by atoms with van der Waals surface area (Å²) in [5.41, 5.74) is 17.2. The number of rotatable bonds is 6. The van der Waals surface area contributed by atoms with Gasteiger partial charge in [-0.2, -0.15) is 0 Å². The number of aryl methyl sites for hydroxylation is 1. The molecule has 62 heavy (non-hydrogen) atoms. The first-order valence-electron chi connectivity index (χ1n) is 21.7. The fourth-order valence-corrected chi connectivity index (χ4v) is 11.3. The van der Waals surface area contributed by atoms with Gasteiger partial charge in [0.2, 0.25) is 0 Å². The quantitative estimate of drug-likeness (QED) is 0.131. The molecule has 2 aromatic heterocycles. The van der Waals surface area contributed by atoms with E-state index >= 15 is 0 Å². The summed E-state index contributed by atoms with van der Waals surface area (Å²) < 4.78 is 5.16. The standard InChI is InChI=1S/C58H44BN2S/c1-35-23-29-49-47(31-35)59-56-45(43-32-44-42-21-13-14-22-51(42)62-52(44)34-48(43)60-40-27-25-39(26-28-40)58(2,3)4)33-46(53(37-16-7-5-8-17-37)38-18-9-6-10-19-38)55-54-41-20-12-11-15-36(41)24-30-50(54)61(49)57(55)56/h5-34,53,60H,1-4H3. The highest BCUT2D eigenvalue weighted by Crippen LogP contribution is 2.48. The van der Waals surface area contributed by atoms with Crippen LogP contribution in [0.2, 0.25) is 0 Å². The van der Waals surface area contributed by atoms with Crippen molar-refractivity contribution < 1.29 is 0 Å². The lowest BCUT2D eigenvalue weighted by atomic mass is 9.58. The number of fused-ring (bicyclic) bond motifs is 10. The van der Waals surface area contributed by atoms with Crippen molar-refractivity contribution in [2.24, 2.45) is 0 Å². The first-order valence-corrected chi connectivity index (χ1v) is 22.5. The van der Waals surface area contributed by atoms with Gasteiger partial charge in [0.15, 0.2) is 7.28 Å². The van der Waals surface area contributed by atoms with Crippen LogP contribution in [0, 0.1) is 6.92 Å². The fraction of sp³-hybridized carbons (Fsp3) is 0.103. The first-order chi connectivity index (χ1) is 30.3. The maximum Gasteiger partial charge on any atom is 0.197 e.